The second-order valence-electron chi connectivity index (χ2n) is 5.28. The molecule has 0 amide bonds. The van der Waals surface area contributed by atoms with Crippen molar-refractivity contribution < 1.29 is 17.2 Å². The van der Waals surface area contributed by atoms with Crippen LogP contribution in [0.2, 0.25) is 0 Å². The van der Waals surface area contributed by atoms with Crippen molar-refractivity contribution in [3.8, 4) is 0 Å². The van der Waals surface area contributed by atoms with Crippen LogP contribution in [0.4, 0.5) is 14.5 Å². The molecular weight excluding hydrogens is 320 g/mol. The van der Waals surface area contributed by atoms with E-state index in [1.54, 1.807) is 12.1 Å². The highest BCUT2D eigenvalue weighted by Crippen LogP contribution is 2.30. The van der Waals surface area contributed by atoms with Crippen molar-refractivity contribution in [1.29, 1.82) is 0 Å². The Hall–Kier alpha value is -0.880. The standard InChI is InChI=1S/C14H18ClF2NO2S/c1-18(13-5-3-2-4-12(13)15)10-6-8-11(9-7-10)21(19,20)14(16)17/h6-9,12-14H,2-5H2,1H3. The van der Waals surface area contributed by atoms with Crippen molar-refractivity contribution in [2.75, 3.05) is 11.9 Å². The molecule has 0 heterocycles. The SMILES string of the molecule is CN(c1ccc(S(=O)(=O)C(F)F)cc1)C1CCCCC1Cl. The number of halogens is 3. The average Bonchev–Trinajstić information content (AvgIpc) is 2.47. The maximum atomic E-state index is 12.5. The molecule has 1 aliphatic carbocycles. The fourth-order valence-electron chi connectivity index (χ4n) is 2.67. The smallest absolute Gasteiger partial charge is 0.341 e. The maximum absolute atomic E-state index is 12.5. The molecule has 7 heteroatoms. The molecular formula is C14H18ClF2NO2S. The maximum Gasteiger partial charge on any atom is 0.341 e. The molecule has 1 aromatic carbocycles. The number of hydrogen-bond donors (Lipinski definition) is 0. The van der Waals surface area contributed by atoms with Crippen LogP contribution in [0, 0.1) is 0 Å². The van der Waals surface area contributed by atoms with Crippen molar-refractivity contribution in [2.45, 2.75) is 47.8 Å². The summed E-state index contributed by atoms with van der Waals surface area (Å²) in [6.45, 7) is 0. The van der Waals surface area contributed by atoms with E-state index >= 15 is 0 Å². The molecule has 2 atom stereocenters. The van der Waals surface area contributed by atoms with Gasteiger partial charge in [0.25, 0.3) is 0 Å². The molecule has 0 bridgehead atoms. The first-order valence-corrected chi connectivity index (χ1v) is 8.81. The van der Waals surface area contributed by atoms with Gasteiger partial charge in [-0.25, -0.2) is 8.42 Å². The van der Waals surface area contributed by atoms with Gasteiger partial charge < -0.3 is 4.90 Å². The van der Waals surface area contributed by atoms with E-state index in [1.165, 1.54) is 12.1 Å². The number of hydrogen-bond acceptors (Lipinski definition) is 3. The first-order valence-electron chi connectivity index (χ1n) is 6.83. The lowest BCUT2D eigenvalue weighted by Gasteiger charge is -2.36. The van der Waals surface area contributed by atoms with Gasteiger partial charge in [0.1, 0.15) is 0 Å². The monoisotopic (exact) mass is 337 g/mol. The zero-order valence-electron chi connectivity index (χ0n) is 11.7. The van der Waals surface area contributed by atoms with E-state index in [-0.39, 0.29) is 16.3 Å². The predicted molar refractivity (Wildman–Crippen MR) is 79.9 cm³/mol. The minimum atomic E-state index is -4.53. The van der Waals surface area contributed by atoms with Gasteiger partial charge in [-0.15, -0.1) is 11.6 Å². The molecule has 118 valence electrons. The Morgan fingerprint density at radius 2 is 1.76 bits per heavy atom. The Morgan fingerprint density at radius 1 is 1.19 bits per heavy atom. The number of benzene rings is 1. The number of rotatable bonds is 4. The van der Waals surface area contributed by atoms with Crippen LogP contribution in [-0.4, -0.2) is 32.6 Å². The van der Waals surface area contributed by atoms with Crippen molar-refractivity contribution in [1.82, 2.24) is 0 Å². The third-order valence-corrected chi connectivity index (χ3v) is 5.86. The van der Waals surface area contributed by atoms with Gasteiger partial charge in [0.05, 0.1) is 10.3 Å². The third-order valence-electron chi connectivity index (χ3n) is 3.95. The molecule has 1 aromatic rings. The average molecular weight is 338 g/mol. The summed E-state index contributed by atoms with van der Waals surface area (Å²) >= 11 is 6.34. The summed E-state index contributed by atoms with van der Waals surface area (Å²) < 4.78 is 47.7. The Kier molecular flexibility index (Phi) is 5.09. The minimum Gasteiger partial charge on any atom is -0.370 e. The van der Waals surface area contributed by atoms with Gasteiger partial charge >= 0.3 is 5.76 Å². The largest absolute Gasteiger partial charge is 0.370 e. The zero-order chi connectivity index (χ0) is 15.6. The van der Waals surface area contributed by atoms with Crippen LogP contribution in [0.3, 0.4) is 0 Å². The van der Waals surface area contributed by atoms with E-state index in [0.717, 1.165) is 31.4 Å². The fourth-order valence-corrected chi connectivity index (χ4v) is 3.84. The first-order chi connectivity index (χ1) is 9.84. The lowest BCUT2D eigenvalue weighted by Crippen LogP contribution is -2.40. The second-order valence-corrected chi connectivity index (χ2v) is 7.76. The van der Waals surface area contributed by atoms with Crippen LogP contribution in [-0.2, 0) is 9.84 Å². The van der Waals surface area contributed by atoms with Crippen LogP contribution >= 0.6 is 11.6 Å². The molecule has 2 unspecified atom stereocenters. The Bertz CT molecular complexity index is 577. The number of sulfone groups is 1. The fraction of sp³-hybridized carbons (Fsp3) is 0.571. The third kappa shape index (κ3) is 3.48. The van der Waals surface area contributed by atoms with Gasteiger partial charge in [0.15, 0.2) is 0 Å². The highest BCUT2D eigenvalue weighted by atomic mass is 35.5. The van der Waals surface area contributed by atoms with E-state index in [0.29, 0.717) is 0 Å². The topological polar surface area (TPSA) is 37.4 Å². The molecule has 0 radical (unpaired) electrons. The van der Waals surface area contributed by atoms with Gasteiger partial charge in [-0.1, -0.05) is 12.8 Å². The molecule has 21 heavy (non-hydrogen) atoms. The highest BCUT2D eigenvalue weighted by Gasteiger charge is 2.28. The summed E-state index contributed by atoms with van der Waals surface area (Å²) in [6, 6.07) is 5.72. The van der Waals surface area contributed by atoms with Gasteiger partial charge in [-0.05, 0) is 37.1 Å². The number of anilines is 1. The van der Waals surface area contributed by atoms with E-state index < -0.39 is 15.6 Å². The second kappa shape index (κ2) is 6.48. The molecule has 2 rings (SSSR count). The van der Waals surface area contributed by atoms with Gasteiger partial charge in [-0.2, -0.15) is 8.78 Å². The molecule has 0 aromatic heterocycles. The number of nitrogens with zero attached hydrogens (tertiary/aromatic N) is 1. The summed E-state index contributed by atoms with van der Waals surface area (Å²) in [7, 11) is -2.64. The van der Waals surface area contributed by atoms with Crippen LogP contribution in [0.1, 0.15) is 25.7 Å². The molecule has 3 nitrogen and oxygen atoms in total. The van der Waals surface area contributed by atoms with Crippen molar-refractivity contribution in [3.63, 3.8) is 0 Å². The number of alkyl halides is 3. The summed E-state index contributed by atoms with van der Waals surface area (Å²) in [4.78, 5) is 1.64. The molecule has 1 fully saturated rings. The summed E-state index contributed by atoms with van der Waals surface area (Å²) in [6.07, 6.45) is 4.15. The van der Waals surface area contributed by atoms with Crippen LogP contribution < -0.4 is 4.90 Å². The van der Waals surface area contributed by atoms with Crippen LogP contribution in [0.25, 0.3) is 0 Å². The Morgan fingerprint density at radius 3 is 2.29 bits per heavy atom. The van der Waals surface area contributed by atoms with Crippen molar-refractivity contribution in [2.24, 2.45) is 0 Å². The normalized spacial score (nSPS) is 23.3. The molecule has 1 aliphatic rings. The lowest BCUT2D eigenvalue weighted by molar-refractivity contribution is 0.234. The molecule has 0 saturated heterocycles. The Balaban J connectivity index is 2.19. The quantitative estimate of drug-likeness (QED) is 0.787. The summed E-state index contributed by atoms with van der Waals surface area (Å²) in [5.74, 6) is -3.40. The van der Waals surface area contributed by atoms with E-state index in [1.807, 2.05) is 11.9 Å². The van der Waals surface area contributed by atoms with Crippen molar-refractivity contribution >= 4 is 27.1 Å². The Labute approximate surface area is 128 Å². The van der Waals surface area contributed by atoms with E-state index in [9.17, 15) is 17.2 Å². The zero-order valence-corrected chi connectivity index (χ0v) is 13.2. The molecule has 0 aliphatic heterocycles. The van der Waals surface area contributed by atoms with Crippen molar-refractivity contribution in [3.05, 3.63) is 24.3 Å². The molecule has 0 spiro atoms. The molecule has 1 saturated carbocycles. The van der Waals surface area contributed by atoms with Crippen LogP contribution in [0.15, 0.2) is 29.2 Å². The van der Waals surface area contributed by atoms with Crippen LogP contribution in [0.5, 0.6) is 0 Å². The van der Waals surface area contributed by atoms with Gasteiger partial charge in [0.2, 0.25) is 9.84 Å². The lowest BCUT2D eigenvalue weighted by atomic mass is 9.93. The van der Waals surface area contributed by atoms with E-state index in [4.69, 9.17) is 11.6 Å². The predicted octanol–water partition coefficient (Wildman–Crippen LogP) is 3.67. The highest BCUT2D eigenvalue weighted by molar-refractivity contribution is 7.91. The summed E-state index contributed by atoms with van der Waals surface area (Å²) in [5, 5.41) is 0.0493. The molecule has 0 N–H and O–H groups in total. The van der Waals surface area contributed by atoms with Gasteiger partial charge in [-0.3, -0.25) is 0 Å². The van der Waals surface area contributed by atoms with Gasteiger partial charge in [0, 0.05) is 18.8 Å². The van der Waals surface area contributed by atoms with E-state index in [2.05, 4.69) is 0 Å². The first kappa shape index (κ1) is 16.5. The summed E-state index contributed by atoms with van der Waals surface area (Å²) in [5.41, 5.74) is 0.778. The minimum absolute atomic E-state index is 0.0493.